The minimum Gasteiger partial charge on any atom is -0.495 e. The van der Waals surface area contributed by atoms with Crippen LogP contribution in [0.4, 0.5) is 0 Å². The Hall–Kier alpha value is -2.74. The van der Waals surface area contributed by atoms with Crippen LogP contribution in [0.5, 0.6) is 17.2 Å². The second-order valence-corrected chi connectivity index (χ2v) is 8.08. The van der Waals surface area contributed by atoms with Gasteiger partial charge >= 0.3 is 0 Å². The molecule has 0 unspecified atom stereocenters. The normalized spacial score (nSPS) is 12.8. The third kappa shape index (κ3) is 3.28. The van der Waals surface area contributed by atoms with E-state index in [-0.39, 0.29) is 11.7 Å². The van der Waals surface area contributed by atoms with Gasteiger partial charge in [-0.05, 0) is 47.0 Å². The molecule has 1 aliphatic heterocycles. The summed E-state index contributed by atoms with van der Waals surface area (Å²) in [5.74, 6) is 1.64. The van der Waals surface area contributed by atoms with Gasteiger partial charge in [-0.25, -0.2) is 13.6 Å². The van der Waals surface area contributed by atoms with Crippen LogP contribution in [-0.4, -0.2) is 22.3 Å². The fraction of sp³-hybridized carbons (Fsp3) is 0.100. The van der Waals surface area contributed by atoms with E-state index in [1.807, 2.05) is 6.07 Å². The van der Waals surface area contributed by atoms with Crippen LogP contribution in [0.25, 0.3) is 22.3 Å². The lowest BCUT2D eigenvalue weighted by Gasteiger charge is -2.15. The van der Waals surface area contributed by atoms with Crippen molar-refractivity contribution >= 4 is 21.6 Å². The first-order valence-corrected chi connectivity index (χ1v) is 10.2. The van der Waals surface area contributed by atoms with Crippen molar-refractivity contribution in [2.45, 2.75) is 4.90 Å². The number of nitrogens with two attached hydrogens (primary N) is 1. The Kier molecular flexibility index (Phi) is 4.66. The number of benzene rings is 3. The third-order valence-electron chi connectivity index (χ3n) is 4.46. The van der Waals surface area contributed by atoms with Crippen LogP contribution in [0.1, 0.15) is 0 Å². The standard InChI is InChI=1S/C20H16ClNO5S/c1-25-17-7-6-12(8-16(17)21)14-9-18-19(27-11-26-18)10-15(14)13-4-2-3-5-20(13)28(22,23)24/h2-10H,11H2,1H3,(H2,22,23,24). The molecule has 8 heteroatoms. The molecule has 0 fully saturated rings. The SMILES string of the molecule is COc1ccc(-c2cc3c(cc2-c2ccccc2S(N)(=O)=O)OCO3)cc1Cl. The van der Waals surface area contributed by atoms with Crippen molar-refractivity contribution in [3.05, 3.63) is 59.6 Å². The van der Waals surface area contributed by atoms with Gasteiger partial charge in [-0.2, -0.15) is 0 Å². The van der Waals surface area contributed by atoms with Crippen molar-refractivity contribution < 1.29 is 22.6 Å². The molecule has 1 heterocycles. The van der Waals surface area contributed by atoms with E-state index in [1.165, 1.54) is 13.2 Å². The molecule has 144 valence electrons. The Morgan fingerprint density at radius 2 is 1.64 bits per heavy atom. The number of sulfonamides is 1. The number of halogens is 1. The topological polar surface area (TPSA) is 87.9 Å². The molecule has 2 N–H and O–H groups in total. The van der Waals surface area contributed by atoms with Crippen LogP contribution >= 0.6 is 11.6 Å². The van der Waals surface area contributed by atoms with Gasteiger partial charge in [-0.15, -0.1) is 0 Å². The highest BCUT2D eigenvalue weighted by molar-refractivity contribution is 7.89. The first-order chi connectivity index (χ1) is 13.4. The molecule has 0 aliphatic carbocycles. The van der Waals surface area contributed by atoms with Crippen LogP contribution in [0.15, 0.2) is 59.5 Å². The van der Waals surface area contributed by atoms with E-state index in [4.69, 9.17) is 31.0 Å². The summed E-state index contributed by atoms with van der Waals surface area (Å²) in [6.45, 7) is 0.0957. The van der Waals surface area contributed by atoms with Crippen molar-refractivity contribution in [1.82, 2.24) is 0 Å². The van der Waals surface area contributed by atoms with Gasteiger partial charge < -0.3 is 14.2 Å². The predicted octanol–water partition coefficient (Wildman–Crippen LogP) is 4.06. The Morgan fingerprint density at radius 1 is 0.964 bits per heavy atom. The zero-order valence-electron chi connectivity index (χ0n) is 14.8. The summed E-state index contributed by atoms with van der Waals surface area (Å²) in [4.78, 5) is 0.0229. The minimum absolute atomic E-state index is 0.0229. The molecule has 1 aliphatic rings. The Morgan fingerprint density at radius 3 is 2.29 bits per heavy atom. The highest BCUT2D eigenvalue weighted by atomic mass is 35.5. The van der Waals surface area contributed by atoms with Gasteiger partial charge in [-0.1, -0.05) is 35.9 Å². The zero-order valence-corrected chi connectivity index (χ0v) is 16.4. The summed E-state index contributed by atoms with van der Waals surface area (Å²) in [5, 5.41) is 5.87. The predicted molar refractivity (Wildman–Crippen MR) is 106 cm³/mol. The first-order valence-electron chi connectivity index (χ1n) is 8.28. The smallest absolute Gasteiger partial charge is 0.238 e. The molecular formula is C20H16ClNO5S. The fourth-order valence-corrected chi connectivity index (χ4v) is 4.19. The minimum atomic E-state index is -3.93. The first kappa shape index (κ1) is 18.6. The molecule has 6 nitrogen and oxygen atoms in total. The number of fused-ring (bicyclic) bond motifs is 1. The van der Waals surface area contributed by atoms with E-state index in [2.05, 4.69) is 0 Å². The second-order valence-electron chi connectivity index (χ2n) is 6.14. The van der Waals surface area contributed by atoms with Crippen molar-refractivity contribution in [3.8, 4) is 39.5 Å². The lowest BCUT2D eigenvalue weighted by atomic mass is 9.93. The monoisotopic (exact) mass is 417 g/mol. The van der Waals surface area contributed by atoms with Crippen molar-refractivity contribution in [2.24, 2.45) is 5.14 Å². The van der Waals surface area contributed by atoms with E-state index in [1.54, 1.807) is 42.5 Å². The molecule has 0 aromatic heterocycles. The van der Waals surface area contributed by atoms with E-state index >= 15 is 0 Å². The van der Waals surface area contributed by atoms with Crippen LogP contribution in [0, 0.1) is 0 Å². The number of primary sulfonamides is 1. The summed E-state index contributed by atoms with van der Waals surface area (Å²) in [5.41, 5.74) is 2.59. The molecule has 0 atom stereocenters. The van der Waals surface area contributed by atoms with Gasteiger partial charge in [0.1, 0.15) is 5.75 Å². The van der Waals surface area contributed by atoms with Crippen LogP contribution in [0.2, 0.25) is 5.02 Å². The summed E-state index contributed by atoms with van der Waals surface area (Å²) in [7, 11) is -2.39. The molecule has 0 saturated carbocycles. The maximum atomic E-state index is 12.1. The Bertz CT molecular complexity index is 1180. The van der Waals surface area contributed by atoms with Crippen molar-refractivity contribution in [3.63, 3.8) is 0 Å². The van der Waals surface area contributed by atoms with Gasteiger partial charge in [-0.3, -0.25) is 0 Å². The van der Waals surface area contributed by atoms with E-state index in [9.17, 15) is 8.42 Å². The lowest BCUT2D eigenvalue weighted by molar-refractivity contribution is 0.174. The maximum Gasteiger partial charge on any atom is 0.238 e. The van der Waals surface area contributed by atoms with E-state index < -0.39 is 10.0 Å². The van der Waals surface area contributed by atoms with Crippen LogP contribution < -0.4 is 19.3 Å². The Labute approximate surface area is 167 Å². The number of ether oxygens (including phenoxy) is 3. The number of hydrogen-bond acceptors (Lipinski definition) is 5. The van der Waals surface area contributed by atoms with Gasteiger partial charge in [0.2, 0.25) is 16.8 Å². The van der Waals surface area contributed by atoms with Crippen LogP contribution in [0.3, 0.4) is 0 Å². The average Bonchev–Trinajstić information content (AvgIpc) is 3.14. The van der Waals surface area contributed by atoms with Gasteiger partial charge in [0.15, 0.2) is 11.5 Å². The zero-order chi connectivity index (χ0) is 19.9. The quantitative estimate of drug-likeness (QED) is 0.691. The summed E-state index contributed by atoms with van der Waals surface area (Å²) >= 11 is 6.30. The largest absolute Gasteiger partial charge is 0.495 e. The third-order valence-corrected chi connectivity index (χ3v) is 5.72. The molecule has 0 amide bonds. The Balaban J connectivity index is 2.00. The lowest BCUT2D eigenvalue weighted by Crippen LogP contribution is -2.13. The molecule has 3 aromatic rings. The molecule has 28 heavy (non-hydrogen) atoms. The summed E-state index contributed by atoms with van der Waals surface area (Å²) in [6, 6.07) is 15.4. The van der Waals surface area contributed by atoms with Crippen molar-refractivity contribution in [2.75, 3.05) is 13.9 Å². The van der Waals surface area contributed by atoms with Crippen molar-refractivity contribution in [1.29, 1.82) is 0 Å². The molecule has 0 bridgehead atoms. The number of methoxy groups -OCH3 is 1. The van der Waals surface area contributed by atoms with E-state index in [0.29, 0.717) is 33.4 Å². The molecule has 4 rings (SSSR count). The van der Waals surface area contributed by atoms with Gasteiger partial charge in [0.05, 0.1) is 17.0 Å². The van der Waals surface area contributed by atoms with Gasteiger partial charge in [0, 0.05) is 5.56 Å². The maximum absolute atomic E-state index is 12.1. The molecule has 0 spiro atoms. The van der Waals surface area contributed by atoms with Crippen LogP contribution in [-0.2, 0) is 10.0 Å². The molecule has 0 saturated heterocycles. The number of hydrogen-bond donors (Lipinski definition) is 1. The molecular weight excluding hydrogens is 402 g/mol. The van der Waals surface area contributed by atoms with Gasteiger partial charge in [0.25, 0.3) is 0 Å². The highest BCUT2D eigenvalue weighted by Gasteiger charge is 2.23. The molecule has 0 radical (unpaired) electrons. The molecule has 3 aromatic carbocycles. The average molecular weight is 418 g/mol. The highest BCUT2D eigenvalue weighted by Crippen LogP contribution is 2.45. The number of rotatable bonds is 4. The fourth-order valence-electron chi connectivity index (χ4n) is 3.17. The summed E-state index contributed by atoms with van der Waals surface area (Å²) in [6.07, 6.45) is 0. The summed E-state index contributed by atoms with van der Waals surface area (Å²) < 4.78 is 40.5. The van der Waals surface area contributed by atoms with E-state index in [0.717, 1.165) is 11.1 Å². The second kappa shape index (κ2) is 7.01.